The predicted molar refractivity (Wildman–Crippen MR) is 78.4 cm³/mol. The van der Waals surface area contributed by atoms with E-state index >= 15 is 0 Å². The topological polar surface area (TPSA) is 36.5 Å². The van der Waals surface area contributed by atoms with E-state index in [1.54, 1.807) is 0 Å². The summed E-state index contributed by atoms with van der Waals surface area (Å²) in [5.41, 5.74) is 1.07. The molecule has 0 saturated carbocycles. The minimum atomic E-state index is 0.798. The molecule has 2 rings (SSSR count). The predicted octanol–water partition coefficient (Wildman–Crippen LogP) is 1.94. The fourth-order valence-electron chi connectivity index (χ4n) is 2.42. The Kier molecular flexibility index (Phi) is 5.33. The maximum absolute atomic E-state index is 5.88. The third-order valence-electron chi connectivity index (χ3n) is 3.56. The van der Waals surface area contributed by atoms with Crippen molar-refractivity contribution in [3.8, 4) is 0 Å². The second-order valence-electron chi connectivity index (χ2n) is 5.06. The zero-order valence-corrected chi connectivity index (χ0v) is 11.9. The molecule has 0 aromatic rings. The molecule has 0 aromatic heterocycles. The average Bonchev–Trinajstić information content (AvgIpc) is 2.92. The molecule has 0 atom stereocenters. The average molecular weight is 263 g/mol. The van der Waals surface area contributed by atoms with Gasteiger partial charge in [-0.25, -0.2) is 0 Å². The molecule has 0 unspecified atom stereocenters. The zero-order valence-electron chi connectivity index (χ0n) is 11.9. The molecule has 0 bridgehead atoms. The first-order chi connectivity index (χ1) is 9.28. The number of likely N-dealkylation sites (tertiary alicyclic amines) is 1. The monoisotopic (exact) mass is 263 g/mol. The first kappa shape index (κ1) is 14.0. The SMILES string of the molecule is C=C(NC)NC1=CCCC(OCCN2CCCC2)=C1. The van der Waals surface area contributed by atoms with Gasteiger partial charge in [0.25, 0.3) is 0 Å². The van der Waals surface area contributed by atoms with Gasteiger partial charge < -0.3 is 15.4 Å². The number of hydrogen-bond donors (Lipinski definition) is 2. The molecular weight excluding hydrogens is 238 g/mol. The molecule has 0 spiro atoms. The van der Waals surface area contributed by atoms with Crippen molar-refractivity contribution in [2.24, 2.45) is 0 Å². The van der Waals surface area contributed by atoms with Gasteiger partial charge in [0.15, 0.2) is 0 Å². The minimum absolute atomic E-state index is 0.798. The Morgan fingerprint density at radius 2 is 2.21 bits per heavy atom. The fraction of sp³-hybridized carbons (Fsp3) is 0.600. The summed E-state index contributed by atoms with van der Waals surface area (Å²) in [7, 11) is 1.86. The summed E-state index contributed by atoms with van der Waals surface area (Å²) in [5.74, 6) is 1.88. The quantitative estimate of drug-likeness (QED) is 0.736. The van der Waals surface area contributed by atoms with E-state index in [9.17, 15) is 0 Å². The van der Waals surface area contributed by atoms with Crippen LogP contribution in [0, 0.1) is 0 Å². The van der Waals surface area contributed by atoms with Gasteiger partial charge >= 0.3 is 0 Å². The zero-order chi connectivity index (χ0) is 13.5. The van der Waals surface area contributed by atoms with Gasteiger partial charge in [-0.05, 0) is 38.4 Å². The second kappa shape index (κ2) is 7.24. The number of ether oxygens (including phenoxy) is 1. The smallest absolute Gasteiger partial charge is 0.100 e. The normalized spacial score (nSPS) is 19.6. The summed E-state index contributed by atoms with van der Waals surface area (Å²) in [6.07, 6.45) is 8.95. The summed E-state index contributed by atoms with van der Waals surface area (Å²) >= 11 is 0. The van der Waals surface area contributed by atoms with E-state index in [1.165, 1.54) is 25.9 Å². The lowest BCUT2D eigenvalue weighted by molar-refractivity contribution is 0.164. The summed E-state index contributed by atoms with van der Waals surface area (Å²) in [4.78, 5) is 2.47. The highest BCUT2D eigenvalue weighted by Crippen LogP contribution is 2.17. The third-order valence-corrected chi connectivity index (χ3v) is 3.56. The van der Waals surface area contributed by atoms with Crippen molar-refractivity contribution < 1.29 is 4.74 Å². The molecule has 0 aromatic carbocycles. The van der Waals surface area contributed by atoms with Crippen molar-refractivity contribution in [3.63, 3.8) is 0 Å². The van der Waals surface area contributed by atoms with Crippen LogP contribution in [0.2, 0.25) is 0 Å². The molecule has 0 radical (unpaired) electrons. The lowest BCUT2D eigenvalue weighted by Gasteiger charge is -2.19. The van der Waals surface area contributed by atoms with Gasteiger partial charge in [0.05, 0.1) is 11.6 Å². The summed E-state index contributed by atoms with van der Waals surface area (Å²) in [5, 5.41) is 6.20. The van der Waals surface area contributed by atoms with E-state index in [1.807, 2.05) is 7.05 Å². The standard InChI is InChI=1S/C15H25N3O/c1-13(16-2)17-14-6-5-7-15(12-14)19-11-10-18-8-3-4-9-18/h6,12,16-17H,1,3-5,7-11H2,2H3. The second-order valence-corrected chi connectivity index (χ2v) is 5.06. The molecule has 106 valence electrons. The molecule has 2 N–H and O–H groups in total. The molecular formula is C15H25N3O. The van der Waals surface area contributed by atoms with Gasteiger partial charge in [0.2, 0.25) is 0 Å². The van der Waals surface area contributed by atoms with E-state index in [2.05, 4.69) is 34.3 Å². The van der Waals surface area contributed by atoms with Crippen LogP contribution in [-0.2, 0) is 4.74 Å². The van der Waals surface area contributed by atoms with Gasteiger partial charge in [-0.15, -0.1) is 0 Å². The number of allylic oxidation sites excluding steroid dienone is 3. The highest BCUT2D eigenvalue weighted by Gasteiger charge is 2.12. The van der Waals surface area contributed by atoms with Crippen molar-refractivity contribution >= 4 is 0 Å². The number of nitrogens with zero attached hydrogens (tertiary/aromatic N) is 1. The lowest BCUT2D eigenvalue weighted by atomic mass is 10.1. The maximum atomic E-state index is 5.88. The Morgan fingerprint density at radius 3 is 2.95 bits per heavy atom. The molecule has 19 heavy (non-hydrogen) atoms. The molecule has 1 aliphatic heterocycles. The van der Waals surface area contributed by atoms with E-state index in [0.717, 1.165) is 43.3 Å². The van der Waals surface area contributed by atoms with Crippen LogP contribution in [0.1, 0.15) is 25.7 Å². The largest absolute Gasteiger partial charge is 0.497 e. The molecule has 2 aliphatic rings. The van der Waals surface area contributed by atoms with Crippen LogP contribution in [0.4, 0.5) is 0 Å². The summed E-state index contributed by atoms with van der Waals surface area (Å²) in [6, 6.07) is 0. The molecule has 4 nitrogen and oxygen atoms in total. The minimum Gasteiger partial charge on any atom is -0.497 e. The van der Waals surface area contributed by atoms with Crippen LogP contribution < -0.4 is 10.6 Å². The van der Waals surface area contributed by atoms with E-state index in [-0.39, 0.29) is 0 Å². The van der Waals surface area contributed by atoms with Crippen LogP contribution in [0.15, 0.2) is 36.0 Å². The first-order valence-corrected chi connectivity index (χ1v) is 7.17. The van der Waals surface area contributed by atoms with E-state index < -0.39 is 0 Å². The van der Waals surface area contributed by atoms with Crippen LogP contribution in [0.3, 0.4) is 0 Å². The van der Waals surface area contributed by atoms with Crippen molar-refractivity contribution in [3.05, 3.63) is 36.0 Å². The Hall–Kier alpha value is -1.42. The van der Waals surface area contributed by atoms with Gasteiger partial charge in [-0.2, -0.15) is 0 Å². The van der Waals surface area contributed by atoms with Crippen molar-refractivity contribution in [1.82, 2.24) is 15.5 Å². The molecule has 4 heteroatoms. The van der Waals surface area contributed by atoms with Crippen LogP contribution >= 0.6 is 0 Å². The molecule has 1 saturated heterocycles. The number of rotatable bonds is 7. The summed E-state index contributed by atoms with van der Waals surface area (Å²) in [6.45, 7) is 8.18. The van der Waals surface area contributed by atoms with Gasteiger partial charge in [0.1, 0.15) is 6.61 Å². The van der Waals surface area contributed by atoms with E-state index in [4.69, 9.17) is 4.74 Å². The van der Waals surface area contributed by atoms with Gasteiger partial charge in [0, 0.05) is 25.7 Å². The fourth-order valence-corrected chi connectivity index (χ4v) is 2.42. The highest BCUT2D eigenvalue weighted by atomic mass is 16.5. The van der Waals surface area contributed by atoms with Crippen molar-refractivity contribution in [1.29, 1.82) is 0 Å². The van der Waals surface area contributed by atoms with Crippen LogP contribution in [0.5, 0.6) is 0 Å². The third kappa shape index (κ3) is 4.63. The number of nitrogens with one attached hydrogen (secondary N) is 2. The number of hydrogen-bond acceptors (Lipinski definition) is 4. The molecule has 1 heterocycles. The maximum Gasteiger partial charge on any atom is 0.100 e. The molecule has 1 fully saturated rings. The molecule has 0 amide bonds. The Bertz CT molecular complexity index is 368. The van der Waals surface area contributed by atoms with Crippen molar-refractivity contribution in [2.75, 3.05) is 33.3 Å². The van der Waals surface area contributed by atoms with E-state index in [0.29, 0.717) is 0 Å². The summed E-state index contributed by atoms with van der Waals surface area (Å²) < 4.78 is 5.88. The molecule has 1 aliphatic carbocycles. The van der Waals surface area contributed by atoms with Gasteiger partial charge in [-0.1, -0.05) is 12.7 Å². The van der Waals surface area contributed by atoms with Gasteiger partial charge in [-0.3, -0.25) is 4.90 Å². The Balaban J connectivity index is 1.73. The lowest BCUT2D eigenvalue weighted by Crippen LogP contribution is -2.24. The Morgan fingerprint density at radius 1 is 1.42 bits per heavy atom. The van der Waals surface area contributed by atoms with Crippen LogP contribution in [0.25, 0.3) is 0 Å². The van der Waals surface area contributed by atoms with Crippen molar-refractivity contribution in [2.45, 2.75) is 25.7 Å². The van der Waals surface area contributed by atoms with Crippen LogP contribution in [-0.4, -0.2) is 38.2 Å². The highest BCUT2D eigenvalue weighted by molar-refractivity contribution is 5.26. The Labute approximate surface area is 116 Å². The first-order valence-electron chi connectivity index (χ1n) is 7.17.